The molecule has 252 valence electrons. The van der Waals surface area contributed by atoms with Gasteiger partial charge in [0.1, 0.15) is 24.2 Å². The molecule has 45 heavy (non-hydrogen) atoms. The lowest BCUT2D eigenvalue weighted by molar-refractivity contribution is -0.145. The summed E-state index contributed by atoms with van der Waals surface area (Å²) in [6.07, 6.45) is 4.69. The first-order valence-electron chi connectivity index (χ1n) is 16.1. The van der Waals surface area contributed by atoms with Crippen molar-refractivity contribution in [2.75, 3.05) is 19.6 Å². The van der Waals surface area contributed by atoms with Crippen LogP contribution >= 0.6 is 0 Å². The van der Waals surface area contributed by atoms with Gasteiger partial charge in [-0.3, -0.25) is 19.2 Å². The number of carboxylic acids is 1. The number of unbranched alkanes of at least 4 members (excludes halogenated alkanes) is 2. The largest absolute Gasteiger partial charge is 0.480 e. The topological polar surface area (TPSA) is 223 Å². The van der Waals surface area contributed by atoms with E-state index in [4.69, 9.17) is 17.2 Å². The summed E-state index contributed by atoms with van der Waals surface area (Å²) < 4.78 is 0. The van der Waals surface area contributed by atoms with Crippen molar-refractivity contribution in [3.63, 3.8) is 0 Å². The van der Waals surface area contributed by atoms with Crippen LogP contribution < -0.4 is 33.2 Å². The Morgan fingerprint density at radius 1 is 0.867 bits per heavy atom. The maximum absolute atomic E-state index is 14.0. The van der Waals surface area contributed by atoms with E-state index in [1.807, 2.05) is 44.2 Å². The molecule has 1 aromatic carbocycles. The van der Waals surface area contributed by atoms with Crippen LogP contribution in [0.3, 0.4) is 0 Å². The van der Waals surface area contributed by atoms with E-state index >= 15 is 0 Å². The molecule has 13 nitrogen and oxygen atoms in total. The number of hydrogen-bond donors (Lipinski definition) is 7. The minimum Gasteiger partial charge on any atom is -0.480 e. The van der Waals surface area contributed by atoms with Crippen molar-refractivity contribution in [1.82, 2.24) is 20.9 Å². The summed E-state index contributed by atoms with van der Waals surface area (Å²) in [5.41, 5.74) is 18.1. The van der Waals surface area contributed by atoms with Crippen LogP contribution in [0.5, 0.6) is 0 Å². The van der Waals surface area contributed by atoms with E-state index in [-0.39, 0.29) is 25.3 Å². The smallest absolute Gasteiger partial charge is 0.326 e. The van der Waals surface area contributed by atoms with Gasteiger partial charge in [0.2, 0.25) is 23.6 Å². The van der Waals surface area contributed by atoms with Gasteiger partial charge in [0.25, 0.3) is 0 Å². The molecule has 1 saturated heterocycles. The van der Waals surface area contributed by atoms with Crippen LogP contribution in [0.2, 0.25) is 0 Å². The molecule has 0 aliphatic carbocycles. The summed E-state index contributed by atoms with van der Waals surface area (Å²) in [5, 5.41) is 17.8. The number of nitrogens with one attached hydrogen (secondary N) is 3. The summed E-state index contributed by atoms with van der Waals surface area (Å²) in [7, 11) is 0. The number of hydrogen-bond acceptors (Lipinski definition) is 8. The van der Waals surface area contributed by atoms with Crippen LogP contribution in [-0.2, 0) is 30.4 Å². The molecule has 1 fully saturated rings. The monoisotopic (exact) mass is 631 g/mol. The second-order valence-corrected chi connectivity index (χ2v) is 12.2. The van der Waals surface area contributed by atoms with Crippen LogP contribution in [0, 0.1) is 5.92 Å². The Bertz CT molecular complexity index is 1100. The van der Waals surface area contributed by atoms with Gasteiger partial charge >= 0.3 is 5.97 Å². The summed E-state index contributed by atoms with van der Waals surface area (Å²) in [4.78, 5) is 67.1. The summed E-state index contributed by atoms with van der Waals surface area (Å²) in [6.45, 7) is 4.94. The molecule has 10 N–H and O–H groups in total. The highest BCUT2D eigenvalue weighted by Gasteiger charge is 2.39. The SMILES string of the molecule is CC(C)C[C@H](NC(=O)[C@@H]1CCCN1C(=O)[C@H](Cc1ccccc1)NC(=O)[C@H](CCCCN)NC(=O)[C@@H](N)CCCCN)C(=O)O. The molecular formula is C32H53N7O6. The Morgan fingerprint density at radius 3 is 2.09 bits per heavy atom. The van der Waals surface area contributed by atoms with E-state index in [1.54, 1.807) is 0 Å². The molecule has 0 saturated carbocycles. The Kier molecular flexibility index (Phi) is 16.5. The Hall–Kier alpha value is -3.55. The lowest BCUT2D eigenvalue weighted by Crippen LogP contribution is -2.58. The van der Waals surface area contributed by atoms with E-state index < -0.39 is 59.8 Å². The van der Waals surface area contributed by atoms with E-state index in [0.717, 1.165) is 12.0 Å². The van der Waals surface area contributed by atoms with Crippen LogP contribution in [0.25, 0.3) is 0 Å². The minimum absolute atomic E-state index is 0.0389. The number of carbonyl (C=O) groups excluding carboxylic acids is 4. The van der Waals surface area contributed by atoms with Crippen LogP contribution in [-0.4, -0.2) is 89.4 Å². The van der Waals surface area contributed by atoms with E-state index in [0.29, 0.717) is 58.0 Å². The summed E-state index contributed by atoms with van der Waals surface area (Å²) >= 11 is 0. The molecule has 0 bridgehead atoms. The van der Waals surface area contributed by atoms with Gasteiger partial charge in [-0.15, -0.1) is 0 Å². The third-order valence-corrected chi connectivity index (χ3v) is 7.94. The fourth-order valence-corrected chi connectivity index (χ4v) is 5.47. The molecule has 1 heterocycles. The molecule has 1 aromatic rings. The first-order valence-corrected chi connectivity index (χ1v) is 16.1. The van der Waals surface area contributed by atoms with Crippen molar-refractivity contribution in [3.05, 3.63) is 35.9 Å². The Balaban J connectivity index is 2.26. The predicted octanol–water partition coefficient (Wildman–Crippen LogP) is 0.391. The number of amides is 4. The molecule has 1 aliphatic rings. The molecule has 0 unspecified atom stereocenters. The normalized spacial score (nSPS) is 17.3. The number of aliphatic carboxylic acids is 1. The summed E-state index contributed by atoms with van der Waals surface area (Å²) in [6, 6.07) is 4.44. The quantitative estimate of drug-likeness (QED) is 0.0987. The average molecular weight is 632 g/mol. The van der Waals surface area contributed by atoms with Crippen molar-refractivity contribution < 1.29 is 29.1 Å². The van der Waals surface area contributed by atoms with Gasteiger partial charge in [0, 0.05) is 13.0 Å². The van der Waals surface area contributed by atoms with Gasteiger partial charge in [-0.2, -0.15) is 0 Å². The fraction of sp³-hybridized carbons (Fsp3) is 0.656. The number of benzene rings is 1. The third-order valence-electron chi connectivity index (χ3n) is 7.94. The van der Waals surface area contributed by atoms with E-state index in [2.05, 4.69) is 16.0 Å². The predicted molar refractivity (Wildman–Crippen MR) is 172 cm³/mol. The molecular weight excluding hydrogens is 578 g/mol. The zero-order valence-corrected chi connectivity index (χ0v) is 26.7. The molecule has 0 spiro atoms. The van der Waals surface area contributed by atoms with Crippen molar-refractivity contribution in [3.8, 4) is 0 Å². The third kappa shape index (κ3) is 12.8. The van der Waals surface area contributed by atoms with Crippen LogP contribution in [0.15, 0.2) is 30.3 Å². The first-order chi connectivity index (χ1) is 21.5. The molecule has 0 aromatic heterocycles. The van der Waals surface area contributed by atoms with Crippen molar-refractivity contribution >= 4 is 29.6 Å². The highest BCUT2D eigenvalue weighted by Crippen LogP contribution is 2.21. The molecule has 5 atom stereocenters. The van der Waals surface area contributed by atoms with E-state index in [9.17, 15) is 29.1 Å². The van der Waals surface area contributed by atoms with E-state index in [1.165, 1.54) is 4.90 Å². The lowest BCUT2D eigenvalue weighted by Gasteiger charge is -2.31. The van der Waals surface area contributed by atoms with Gasteiger partial charge in [0.15, 0.2) is 0 Å². The number of likely N-dealkylation sites (tertiary alicyclic amines) is 1. The lowest BCUT2D eigenvalue weighted by atomic mass is 10.0. The zero-order chi connectivity index (χ0) is 33.4. The maximum atomic E-state index is 14.0. The fourth-order valence-electron chi connectivity index (χ4n) is 5.47. The molecule has 4 amide bonds. The molecule has 2 rings (SSSR count). The second-order valence-electron chi connectivity index (χ2n) is 12.2. The number of nitrogens with two attached hydrogens (primary N) is 3. The highest BCUT2D eigenvalue weighted by molar-refractivity contribution is 5.95. The first kappa shape index (κ1) is 37.6. The highest BCUT2D eigenvalue weighted by atomic mass is 16.4. The number of carbonyl (C=O) groups is 5. The zero-order valence-electron chi connectivity index (χ0n) is 26.7. The summed E-state index contributed by atoms with van der Waals surface area (Å²) in [5.74, 6) is -3.08. The Morgan fingerprint density at radius 2 is 1.49 bits per heavy atom. The van der Waals surface area contributed by atoms with Crippen molar-refractivity contribution in [2.45, 2.75) is 108 Å². The number of nitrogens with zero attached hydrogens (tertiary/aromatic N) is 1. The molecule has 1 aliphatic heterocycles. The van der Waals surface area contributed by atoms with Crippen LogP contribution in [0.4, 0.5) is 0 Å². The van der Waals surface area contributed by atoms with Crippen molar-refractivity contribution in [2.24, 2.45) is 23.1 Å². The van der Waals surface area contributed by atoms with Gasteiger partial charge < -0.3 is 43.2 Å². The van der Waals surface area contributed by atoms with Gasteiger partial charge in [0.05, 0.1) is 6.04 Å². The number of rotatable bonds is 20. The van der Waals surface area contributed by atoms with Crippen molar-refractivity contribution in [1.29, 1.82) is 0 Å². The maximum Gasteiger partial charge on any atom is 0.326 e. The number of carboxylic acid groups (broad SMARTS) is 1. The second kappa shape index (κ2) is 19.8. The molecule has 13 heteroatoms. The van der Waals surface area contributed by atoms with Gasteiger partial charge in [-0.1, -0.05) is 50.6 Å². The van der Waals surface area contributed by atoms with Gasteiger partial charge in [-0.05, 0) is 75.9 Å². The average Bonchev–Trinajstić information content (AvgIpc) is 3.50. The Labute approximate surface area is 266 Å². The molecule has 0 radical (unpaired) electrons. The van der Waals surface area contributed by atoms with Crippen LogP contribution in [0.1, 0.15) is 77.2 Å². The van der Waals surface area contributed by atoms with Gasteiger partial charge in [-0.25, -0.2) is 4.79 Å². The minimum atomic E-state index is -1.14. The standard InChI is InChI=1S/C32H53N7O6/c1-21(2)19-26(32(44)45)38-30(42)27-15-10-18-39(27)31(43)25(20-22-11-4-3-5-12-22)37-29(41)24(14-7-9-17-34)36-28(40)23(35)13-6-8-16-33/h3-5,11-12,21,23-27H,6-10,13-20,33-35H2,1-2H3,(H,36,40)(H,37,41)(H,38,42)(H,44,45)/t23-,24-,25-,26-,27-/m0/s1.